The zero-order valence-corrected chi connectivity index (χ0v) is 19.1. The van der Waals surface area contributed by atoms with Crippen LogP contribution in [0.25, 0.3) is 0 Å². The Kier molecular flexibility index (Phi) is 7.94. The Morgan fingerprint density at radius 2 is 0.857 bits per heavy atom. The maximum absolute atomic E-state index is 12.1. The molecule has 0 unspecified atom stereocenters. The number of carbonyl (C=O) groups excluding carboxylic acids is 4. The molecule has 0 aromatic carbocycles. The van der Waals surface area contributed by atoms with E-state index in [4.69, 9.17) is 37.9 Å². The van der Waals surface area contributed by atoms with Gasteiger partial charge in [-0.05, 0) is 0 Å². The molecule has 8 atom stereocenters. The molecule has 196 valence electrons. The molecular formula is C19H28N4O12. The van der Waals surface area contributed by atoms with E-state index < -0.39 is 73.2 Å². The number of amides is 4. The lowest BCUT2D eigenvalue weighted by Crippen LogP contribution is -2.43. The van der Waals surface area contributed by atoms with E-state index in [-0.39, 0.29) is 33.1 Å². The van der Waals surface area contributed by atoms with Gasteiger partial charge < -0.3 is 59.2 Å². The SMILES string of the molecule is CNC(=O)O[C@H]1CO[C@H]2[C@@H]1OC[C@H]2OC(=O)NCNC(=O)O[C@H]1CO[C@H]2[C@@H]1OC[C@H]2OC(=O)NC. The zero-order chi connectivity index (χ0) is 24.9. The van der Waals surface area contributed by atoms with Gasteiger partial charge in [0.2, 0.25) is 0 Å². The summed E-state index contributed by atoms with van der Waals surface area (Å²) >= 11 is 0. The van der Waals surface area contributed by atoms with E-state index in [0.717, 1.165) is 0 Å². The highest BCUT2D eigenvalue weighted by Gasteiger charge is 2.52. The number of rotatable bonds is 6. The summed E-state index contributed by atoms with van der Waals surface area (Å²) in [7, 11) is 2.87. The van der Waals surface area contributed by atoms with Gasteiger partial charge in [-0.3, -0.25) is 0 Å². The minimum Gasteiger partial charge on any atom is -0.441 e. The van der Waals surface area contributed by atoms with Gasteiger partial charge in [0.1, 0.15) is 24.4 Å². The molecule has 4 amide bonds. The van der Waals surface area contributed by atoms with E-state index in [9.17, 15) is 19.2 Å². The van der Waals surface area contributed by atoms with E-state index in [2.05, 4.69) is 21.3 Å². The maximum atomic E-state index is 12.1. The fourth-order valence-corrected chi connectivity index (χ4v) is 4.20. The predicted octanol–water partition coefficient (Wildman–Crippen LogP) is -1.82. The summed E-state index contributed by atoms with van der Waals surface area (Å²) < 4.78 is 43.1. The summed E-state index contributed by atoms with van der Waals surface area (Å²) in [5, 5.41) is 9.44. The van der Waals surface area contributed by atoms with Crippen molar-refractivity contribution in [2.75, 3.05) is 47.2 Å². The van der Waals surface area contributed by atoms with Gasteiger partial charge in [-0.25, -0.2) is 19.2 Å². The molecule has 16 heteroatoms. The van der Waals surface area contributed by atoms with Crippen molar-refractivity contribution >= 4 is 24.4 Å². The molecule has 4 N–H and O–H groups in total. The maximum Gasteiger partial charge on any atom is 0.408 e. The summed E-state index contributed by atoms with van der Waals surface area (Å²) in [4.78, 5) is 47.0. The van der Waals surface area contributed by atoms with Crippen LogP contribution in [0.5, 0.6) is 0 Å². The second-order valence-corrected chi connectivity index (χ2v) is 8.00. The van der Waals surface area contributed by atoms with Crippen molar-refractivity contribution in [3.05, 3.63) is 0 Å². The van der Waals surface area contributed by atoms with Crippen LogP contribution in [0.2, 0.25) is 0 Å². The molecule has 4 aliphatic heterocycles. The van der Waals surface area contributed by atoms with Gasteiger partial charge in [-0.1, -0.05) is 0 Å². The Morgan fingerprint density at radius 1 is 0.571 bits per heavy atom. The lowest BCUT2D eigenvalue weighted by atomic mass is 10.1. The number of alkyl carbamates (subject to hydrolysis) is 4. The van der Waals surface area contributed by atoms with Gasteiger partial charge in [0.15, 0.2) is 24.4 Å². The first kappa shape index (κ1) is 25.0. The lowest BCUT2D eigenvalue weighted by Gasteiger charge is -2.18. The summed E-state index contributed by atoms with van der Waals surface area (Å²) in [6.45, 7) is 0.106. The van der Waals surface area contributed by atoms with E-state index in [1.54, 1.807) is 0 Å². The van der Waals surface area contributed by atoms with E-state index in [1.807, 2.05) is 0 Å². The van der Waals surface area contributed by atoms with Crippen LogP contribution in [-0.4, -0.2) is 120 Å². The monoisotopic (exact) mass is 504 g/mol. The van der Waals surface area contributed by atoms with Crippen LogP contribution in [0.4, 0.5) is 19.2 Å². The molecule has 16 nitrogen and oxygen atoms in total. The molecule has 0 bridgehead atoms. The molecule has 4 rings (SSSR count). The summed E-state index contributed by atoms with van der Waals surface area (Å²) in [6, 6.07) is 0. The third kappa shape index (κ3) is 5.77. The van der Waals surface area contributed by atoms with Crippen molar-refractivity contribution in [3.8, 4) is 0 Å². The van der Waals surface area contributed by atoms with Gasteiger partial charge in [0.05, 0.1) is 33.1 Å². The second kappa shape index (κ2) is 11.1. The highest BCUT2D eigenvalue weighted by atomic mass is 16.7. The number of nitrogens with one attached hydrogen (secondary N) is 4. The molecule has 35 heavy (non-hydrogen) atoms. The van der Waals surface area contributed by atoms with Crippen LogP contribution in [0.1, 0.15) is 0 Å². The Bertz CT molecular complexity index is 751. The minimum absolute atomic E-state index is 0.0701. The van der Waals surface area contributed by atoms with Crippen molar-refractivity contribution < 1.29 is 57.1 Å². The zero-order valence-electron chi connectivity index (χ0n) is 19.1. The Morgan fingerprint density at radius 3 is 1.14 bits per heavy atom. The molecule has 0 aromatic rings. The van der Waals surface area contributed by atoms with Gasteiger partial charge in [0.25, 0.3) is 0 Å². The van der Waals surface area contributed by atoms with Crippen LogP contribution in [0.15, 0.2) is 0 Å². The highest BCUT2D eigenvalue weighted by molar-refractivity contribution is 5.70. The Balaban J connectivity index is 1.13. The van der Waals surface area contributed by atoms with E-state index in [0.29, 0.717) is 0 Å². The largest absolute Gasteiger partial charge is 0.441 e. The first-order valence-corrected chi connectivity index (χ1v) is 11.0. The first-order valence-electron chi connectivity index (χ1n) is 11.0. The topological polar surface area (TPSA) is 190 Å². The first-order chi connectivity index (χ1) is 16.9. The van der Waals surface area contributed by atoms with Crippen LogP contribution in [0, 0.1) is 0 Å². The molecule has 0 aliphatic carbocycles. The average molecular weight is 504 g/mol. The fourth-order valence-electron chi connectivity index (χ4n) is 4.20. The molecule has 0 spiro atoms. The van der Waals surface area contributed by atoms with Gasteiger partial charge >= 0.3 is 24.4 Å². The Labute approximate surface area is 199 Å². The standard InChI is InChI=1S/C19H28N4O12/c1-20-16(24)32-8-3-28-14-10(5-30-12(8)14)34-18(26)22-7-23-19(27)35-11-6-31-13-9(4-29-15(11)13)33-17(25)21-2/h8-15H,3-7H2,1-2H3,(H,20,24)(H,21,25)(H,22,26)(H,23,27)/t8-,9+,10+,11-,12-,13-,14-,15-/m1/s1. The quantitative estimate of drug-likeness (QED) is 0.234. The molecule has 4 heterocycles. The number of fused-ring (bicyclic) bond motifs is 2. The van der Waals surface area contributed by atoms with E-state index in [1.165, 1.54) is 14.1 Å². The van der Waals surface area contributed by atoms with Gasteiger partial charge in [0, 0.05) is 14.1 Å². The fraction of sp³-hybridized carbons (Fsp3) is 0.789. The molecule has 4 saturated heterocycles. The van der Waals surface area contributed by atoms with Crippen molar-refractivity contribution in [3.63, 3.8) is 0 Å². The number of ether oxygens (including phenoxy) is 8. The predicted molar refractivity (Wildman–Crippen MR) is 109 cm³/mol. The highest BCUT2D eigenvalue weighted by Crippen LogP contribution is 2.31. The number of hydrogen-bond donors (Lipinski definition) is 4. The summed E-state index contributed by atoms with van der Waals surface area (Å²) in [5.41, 5.74) is 0. The molecule has 0 saturated carbocycles. The molecule has 0 aromatic heterocycles. The minimum atomic E-state index is -0.809. The van der Waals surface area contributed by atoms with Crippen LogP contribution < -0.4 is 21.3 Å². The third-order valence-corrected chi connectivity index (χ3v) is 5.83. The number of hydrogen-bond acceptors (Lipinski definition) is 12. The number of carbonyl (C=O) groups is 4. The molecule has 4 aliphatic rings. The smallest absolute Gasteiger partial charge is 0.408 e. The third-order valence-electron chi connectivity index (χ3n) is 5.83. The van der Waals surface area contributed by atoms with Crippen LogP contribution in [0.3, 0.4) is 0 Å². The average Bonchev–Trinajstić information content (AvgIpc) is 3.60. The van der Waals surface area contributed by atoms with Crippen molar-refractivity contribution in [2.24, 2.45) is 0 Å². The molecule has 4 fully saturated rings. The summed E-state index contributed by atoms with van der Waals surface area (Å²) in [6.07, 6.45) is -7.72. The molecular weight excluding hydrogens is 476 g/mol. The normalized spacial score (nSPS) is 34.8. The van der Waals surface area contributed by atoms with E-state index >= 15 is 0 Å². The summed E-state index contributed by atoms with van der Waals surface area (Å²) in [5.74, 6) is 0. The van der Waals surface area contributed by atoms with Crippen molar-refractivity contribution in [1.29, 1.82) is 0 Å². The Hall–Kier alpha value is -3.08. The molecule has 0 radical (unpaired) electrons. The van der Waals surface area contributed by atoms with Gasteiger partial charge in [-0.2, -0.15) is 0 Å². The van der Waals surface area contributed by atoms with Crippen LogP contribution in [-0.2, 0) is 37.9 Å². The van der Waals surface area contributed by atoms with Crippen molar-refractivity contribution in [2.45, 2.75) is 48.8 Å². The van der Waals surface area contributed by atoms with Crippen LogP contribution >= 0.6 is 0 Å². The van der Waals surface area contributed by atoms with Crippen molar-refractivity contribution in [1.82, 2.24) is 21.3 Å². The second-order valence-electron chi connectivity index (χ2n) is 8.00. The van der Waals surface area contributed by atoms with Gasteiger partial charge in [-0.15, -0.1) is 0 Å². The lowest BCUT2D eigenvalue weighted by molar-refractivity contribution is -0.0129.